The van der Waals surface area contributed by atoms with Gasteiger partial charge in [-0.25, -0.2) is 0 Å². The van der Waals surface area contributed by atoms with E-state index < -0.39 is 0 Å². The molecule has 2 saturated heterocycles. The van der Waals surface area contributed by atoms with Crippen LogP contribution in [0.15, 0.2) is 18.2 Å². The van der Waals surface area contributed by atoms with Crippen LogP contribution < -0.4 is 5.32 Å². The van der Waals surface area contributed by atoms with Gasteiger partial charge in [0, 0.05) is 31.2 Å². The van der Waals surface area contributed by atoms with Crippen LogP contribution >= 0.6 is 0 Å². The van der Waals surface area contributed by atoms with E-state index >= 15 is 0 Å². The standard InChI is InChI=1S/C16H20N2O2/c1-10-15-6-17-5-14(15)7-18(10)16(19)11-2-3-12-8-20-9-13(12)4-11/h2-4,10,14-15,17H,5-9H2,1H3. The Balaban J connectivity index is 1.58. The zero-order valence-electron chi connectivity index (χ0n) is 11.8. The molecule has 1 aromatic carbocycles. The summed E-state index contributed by atoms with van der Waals surface area (Å²) < 4.78 is 5.42. The Morgan fingerprint density at radius 3 is 3.00 bits per heavy atom. The van der Waals surface area contributed by atoms with Crippen molar-refractivity contribution in [2.75, 3.05) is 19.6 Å². The molecule has 1 amide bonds. The van der Waals surface area contributed by atoms with E-state index in [0.29, 0.717) is 31.1 Å². The summed E-state index contributed by atoms with van der Waals surface area (Å²) in [6, 6.07) is 6.35. The smallest absolute Gasteiger partial charge is 0.254 e. The molecule has 4 nitrogen and oxygen atoms in total. The highest BCUT2D eigenvalue weighted by atomic mass is 16.5. The number of rotatable bonds is 1. The summed E-state index contributed by atoms with van der Waals surface area (Å²) >= 11 is 0. The third-order valence-corrected chi connectivity index (χ3v) is 5.16. The Bertz CT molecular complexity index is 557. The fourth-order valence-corrected chi connectivity index (χ4v) is 3.91. The van der Waals surface area contributed by atoms with Gasteiger partial charge in [0.1, 0.15) is 0 Å². The molecule has 3 aliphatic heterocycles. The van der Waals surface area contributed by atoms with Crippen molar-refractivity contribution in [1.82, 2.24) is 10.2 Å². The number of carbonyl (C=O) groups excluding carboxylic acids is 1. The van der Waals surface area contributed by atoms with Crippen molar-refractivity contribution >= 4 is 5.91 Å². The van der Waals surface area contributed by atoms with Crippen molar-refractivity contribution in [1.29, 1.82) is 0 Å². The molecular weight excluding hydrogens is 252 g/mol. The van der Waals surface area contributed by atoms with Gasteiger partial charge in [0.2, 0.25) is 0 Å². The molecule has 4 rings (SSSR count). The molecule has 3 aliphatic rings. The summed E-state index contributed by atoms with van der Waals surface area (Å²) in [5.41, 5.74) is 3.20. The molecule has 0 bridgehead atoms. The lowest BCUT2D eigenvalue weighted by atomic mass is 9.95. The van der Waals surface area contributed by atoms with Gasteiger partial charge in [-0.2, -0.15) is 0 Å². The van der Waals surface area contributed by atoms with E-state index in [0.717, 1.165) is 25.2 Å². The van der Waals surface area contributed by atoms with Crippen LogP contribution in [0.3, 0.4) is 0 Å². The normalized spacial score (nSPS) is 31.4. The lowest BCUT2D eigenvalue weighted by Gasteiger charge is -2.24. The van der Waals surface area contributed by atoms with Crippen LogP contribution in [0.5, 0.6) is 0 Å². The Hall–Kier alpha value is -1.39. The van der Waals surface area contributed by atoms with Gasteiger partial charge in [-0.15, -0.1) is 0 Å². The first-order valence-corrected chi connectivity index (χ1v) is 7.45. The molecule has 3 atom stereocenters. The summed E-state index contributed by atoms with van der Waals surface area (Å²) in [6.45, 7) is 6.50. The second-order valence-corrected chi connectivity index (χ2v) is 6.26. The molecular formula is C16H20N2O2. The maximum absolute atomic E-state index is 12.8. The van der Waals surface area contributed by atoms with Crippen LogP contribution in [0.1, 0.15) is 28.4 Å². The van der Waals surface area contributed by atoms with Crippen LogP contribution in [0.25, 0.3) is 0 Å². The number of amides is 1. The molecule has 1 N–H and O–H groups in total. The highest BCUT2D eigenvalue weighted by Gasteiger charge is 2.43. The van der Waals surface area contributed by atoms with E-state index in [1.165, 1.54) is 11.1 Å². The molecule has 2 fully saturated rings. The number of hydrogen-bond acceptors (Lipinski definition) is 3. The molecule has 106 valence electrons. The number of benzene rings is 1. The SMILES string of the molecule is CC1C2CNCC2CN1C(=O)c1ccc2c(c1)COC2. The molecule has 0 aromatic heterocycles. The summed E-state index contributed by atoms with van der Waals surface area (Å²) in [5, 5.41) is 3.43. The Morgan fingerprint density at radius 1 is 1.30 bits per heavy atom. The number of likely N-dealkylation sites (tertiary alicyclic amines) is 1. The average molecular weight is 272 g/mol. The summed E-state index contributed by atoms with van der Waals surface area (Å²) in [5.74, 6) is 1.44. The van der Waals surface area contributed by atoms with Gasteiger partial charge in [-0.1, -0.05) is 6.07 Å². The zero-order chi connectivity index (χ0) is 13.7. The second-order valence-electron chi connectivity index (χ2n) is 6.26. The Morgan fingerprint density at radius 2 is 2.15 bits per heavy atom. The largest absolute Gasteiger partial charge is 0.372 e. The number of fused-ring (bicyclic) bond motifs is 2. The lowest BCUT2D eigenvalue weighted by Crippen LogP contribution is -2.38. The van der Waals surface area contributed by atoms with Crippen LogP contribution in [0.2, 0.25) is 0 Å². The number of hydrogen-bond donors (Lipinski definition) is 1. The van der Waals surface area contributed by atoms with Crippen LogP contribution in [0.4, 0.5) is 0 Å². The topological polar surface area (TPSA) is 41.6 Å². The number of nitrogens with one attached hydrogen (secondary N) is 1. The maximum Gasteiger partial charge on any atom is 0.254 e. The van der Waals surface area contributed by atoms with Crippen molar-refractivity contribution in [2.45, 2.75) is 26.2 Å². The van der Waals surface area contributed by atoms with E-state index in [9.17, 15) is 4.79 Å². The van der Waals surface area contributed by atoms with E-state index in [2.05, 4.69) is 17.1 Å². The number of nitrogens with zero attached hydrogens (tertiary/aromatic N) is 1. The van der Waals surface area contributed by atoms with Crippen LogP contribution in [0, 0.1) is 11.8 Å². The van der Waals surface area contributed by atoms with Crippen molar-refractivity contribution in [2.24, 2.45) is 11.8 Å². The molecule has 3 heterocycles. The third kappa shape index (κ3) is 1.79. The molecule has 1 aromatic rings. The van der Waals surface area contributed by atoms with Gasteiger partial charge >= 0.3 is 0 Å². The first-order valence-electron chi connectivity index (χ1n) is 7.45. The van der Waals surface area contributed by atoms with Crippen molar-refractivity contribution in [3.63, 3.8) is 0 Å². The van der Waals surface area contributed by atoms with Gasteiger partial charge in [0.15, 0.2) is 0 Å². The van der Waals surface area contributed by atoms with Gasteiger partial charge in [0.05, 0.1) is 13.2 Å². The molecule has 3 unspecified atom stereocenters. The maximum atomic E-state index is 12.8. The molecule has 0 radical (unpaired) electrons. The summed E-state index contributed by atoms with van der Waals surface area (Å²) in [7, 11) is 0. The predicted octanol–water partition coefficient (Wildman–Crippen LogP) is 1.40. The van der Waals surface area contributed by atoms with Crippen molar-refractivity contribution < 1.29 is 9.53 Å². The fraction of sp³-hybridized carbons (Fsp3) is 0.562. The summed E-state index contributed by atoms with van der Waals surface area (Å²) in [6.07, 6.45) is 0. The zero-order valence-corrected chi connectivity index (χ0v) is 11.8. The van der Waals surface area contributed by atoms with Gasteiger partial charge in [-0.3, -0.25) is 4.79 Å². The van der Waals surface area contributed by atoms with E-state index in [1.807, 2.05) is 18.2 Å². The molecule has 0 saturated carbocycles. The molecule has 4 heteroatoms. The quantitative estimate of drug-likeness (QED) is 0.840. The average Bonchev–Trinajstić information content (AvgIpc) is 3.15. The van der Waals surface area contributed by atoms with Crippen LogP contribution in [-0.4, -0.2) is 36.5 Å². The highest BCUT2D eigenvalue weighted by Crippen LogP contribution is 2.33. The molecule has 0 aliphatic carbocycles. The Kier molecular flexibility index (Phi) is 2.82. The number of ether oxygens (including phenoxy) is 1. The second kappa shape index (κ2) is 4.57. The first-order chi connectivity index (χ1) is 9.74. The van der Waals surface area contributed by atoms with E-state index in [4.69, 9.17) is 4.74 Å². The Labute approximate surface area is 119 Å². The minimum Gasteiger partial charge on any atom is -0.372 e. The third-order valence-electron chi connectivity index (χ3n) is 5.16. The predicted molar refractivity (Wildman–Crippen MR) is 75.3 cm³/mol. The minimum absolute atomic E-state index is 0.182. The van der Waals surface area contributed by atoms with E-state index in [-0.39, 0.29) is 5.91 Å². The van der Waals surface area contributed by atoms with Crippen LogP contribution in [-0.2, 0) is 18.0 Å². The molecule has 20 heavy (non-hydrogen) atoms. The summed E-state index contributed by atoms with van der Waals surface area (Å²) in [4.78, 5) is 14.8. The molecule has 0 spiro atoms. The fourth-order valence-electron chi connectivity index (χ4n) is 3.91. The van der Waals surface area contributed by atoms with E-state index in [1.54, 1.807) is 0 Å². The lowest BCUT2D eigenvalue weighted by molar-refractivity contribution is 0.0728. The first kappa shape index (κ1) is 12.4. The highest BCUT2D eigenvalue weighted by molar-refractivity contribution is 5.95. The minimum atomic E-state index is 0.182. The van der Waals surface area contributed by atoms with Crippen molar-refractivity contribution in [3.8, 4) is 0 Å². The number of carbonyl (C=O) groups is 1. The van der Waals surface area contributed by atoms with Gasteiger partial charge in [-0.05, 0) is 42.0 Å². The monoisotopic (exact) mass is 272 g/mol. The van der Waals surface area contributed by atoms with Gasteiger partial charge < -0.3 is 15.0 Å². The van der Waals surface area contributed by atoms with Crippen molar-refractivity contribution in [3.05, 3.63) is 34.9 Å². The van der Waals surface area contributed by atoms with Gasteiger partial charge in [0.25, 0.3) is 5.91 Å².